The van der Waals surface area contributed by atoms with Crippen LogP contribution in [0.2, 0.25) is 5.02 Å². The predicted octanol–water partition coefficient (Wildman–Crippen LogP) is 7.68. The highest BCUT2D eigenvalue weighted by Gasteiger charge is 2.30. The van der Waals surface area contributed by atoms with Crippen molar-refractivity contribution >= 4 is 34.2 Å². The maximum atomic E-state index is 13.1. The fraction of sp³-hybridized carbons (Fsp3) is 0.156. The number of hydrogen-bond acceptors (Lipinski definition) is 4. The quantitative estimate of drug-likeness (QED) is 0.196. The highest BCUT2D eigenvalue weighted by molar-refractivity contribution is 6.31. The van der Waals surface area contributed by atoms with Crippen LogP contribution < -0.4 is 10.2 Å². The fourth-order valence-corrected chi connectivity index (χ4v) is 4.66. The van der Waals surface area contributed by atoms with E-state index >= 15 is 0 Å². The maximum Gasteiger partial charge on any atom is 0.416 e. The summed E-state index contributed by atoms with van der Waals surface area (Å²) in [5.41, 5.74) is 2.17. The lowest BCUT2D eigenvalue weighted by molar-refractivity contribution is -0.137. The van der Waals surface area contributed by atoms with Gasteiger partial charge in [0.25, 0.3) is 0 Å². The number of alkyl halides is 3. The molecule has 0 fully saturated rings. The van der Waals surface area contributed by atoms with Crippen LogP contribution in [-0.2, 0) is 24.1 Å². The van der Waals surface area contributed by atoms with Gasteiger partial charge in [0, 0.05) is 42.0 Å². The number of rotatable bonds is 9. The number of carbonyl (C=O) groups is 1. The van der Waals surface area contributed by atoms with Crippen molar-refractivity contribution in [1.29, 1.82) is 0 Å². The Bertz CT molecular complexity index is 1650. The van der Waals surface area contributed by atoms with E-state index < -0.39 is 11.7 Å². The van der Waals surface area contributed by atoms with E-state index in [9.17, 15) is 18.0 Å². The van der Waals surface area contributed by atoms with Crippen LogP contribution in [0.5, 0.6) is 0 Å². The zero-order chi connectivity index (χ0) is 28.8. The van der Waals surface area contributed by atoms with Crippen molar-refractivity contribution in [2.45, 2.75) is 25.7 Å². The molecule has 0 aliphatic carbocycles. The summed E-state index contributed by atoms with van der Waals surface area (Å²) >= 11 is 6.31. The number of amides is 1. The van der Waals surface area contributed by atoms with E-state index in [1.165, 1.54) is 6.07 Å². The molecular formula is C32H26ClF3N4O. The Morgan fingerprint density at radius 1 is 0.829 bits per heavy atom. The molecule has 5 aromatic rings. The van der Waals surface area contributed by atoms with Gasteiger partial charge in [0.15, 0.2) is 5.82 Å². The molecule has 4 aromatic carbocycles. The van der Waals surface area contributed by atoms with E-state index in [1.54, 1.807) is 18.2 Å². The Labute approximate surface area is 240 Å². The van der Waals surface area contributed by atoms with Gasteiger partial charge < -0.3 is 10.2 Å². The molecule has 0 aliphatic heterocycles. The largest absolute Gasteiger partial charge is 0.416 e. The third-order valence-corrected chi connectivity index (χ3v) is 6.77. The summed E-state index contributed by atoms with van der Waals surface area (Å²) < 4.78 is 39.2. The van der Waals surface area contributed by atoms with E-state index in [2.05, 4.69) is 5.32 Å². The van der Waals surface area contributed by atoms with Gasteiger partial charge in [-0.25, -0.2) is 9.97 Å². The maximum absolute atomic E-state index is 13.1. The van der Waals surface area contributed by atoms with Crippen LogP contribution in [-0.4, -0.2) is 22.4 Å². The van der Waals surface area contributed by atoms with Crippen molar-refractivity contribution in [2.24, 2.45) is 0 Å². The molecule has 1 heterocycles. The van der Waals surface area contributed by atoms with Gasteiger partial charge in [-0.2, -0.15) is 13.2 Å². The van der Waals surface area contributed by atoms with Gasteiger partial charge in [-0.3, -0.25) is 4.79 Å². The summed E-state index contributed by atoms with van der Waals surface area (Å²) in [4.78, 5) is 24.6. The van der Waals surface area contributed by atoms with Crippen molar-refractivity contribution in [1.82, 2.24) is 15.3 Å². The van der Waals surface area contributed by atoms with Crippen molar-refractivity contribution in [3.63, 3.8) is 0 Å². The van der Waals surface area contributed by atoms with E-state index in [-0.39, 0.29) is 18.9 Å². The number of carbonyl (C=O) groups excluding carboxylic acids is 1. The molecule has 1 aromatic heterocycles. The minimum absolute atomic E-state index is 0.00543. The number of aromatic nitrogens is 2. The first-order chi connectivity index (χ1) is 19.8. The second-order valence-corrected chi connectivity index (χ2v) is 9.97. The second kappa shape index (κ2) is 12.4. The minimum atomic E-state index is -4.44. The normalized spacial score (nSPS) is 11.4. The molecule has 0 bridgehead atoms. The van der Waals surface area contributed by atoms with Crippen LogP contribution in [0.25, 0.3) is 22.3 Å². The van der Waals surface area contributed by atoms with Crippen LogP contribution >= 0.6 is 11.6 Å². The molecule has 1 amide bonds. The average Bonchev–Trinajstić information content (AvgIpc) is 2.98. The second-order valence-electron chi connectivity index (χ2n) is 9.53. The molecule has 0 saturated carbocycles. The lowest BCUT2D eigenvalue weighted by Gasteiger charge is -2.26. The zero-order valence-corrected chi connectivity index (χ0v) is 22.7. The van der Waals surface area contributed by atoms with Crippen molar-refractivity contribution in [2.75, 3.05) is 11.4 Å². The van der Waals surface area contributed by atoms with Crippen molar-refractivity contribution in [3.8, 4) is 11.4 Å². The number of hydrogen-bond donors (Lipinski definition) is 1. The average molecular weight is 575 g/mol. The molecule has 0 saturated heterocycles. The molecule has 0 unspecified atom stereocenters. The summed E-state index contributed by atoms with van der Waals surface area (Å²) in [6.07, 6.45) is -4.34. The van der Waals surface area contributed by atoms with E-state index in [4.69, 9.17) is 21.6 Å². The summed E-state index contributed by atoms with van der Waals surface area (Å²) in [5.74, 6) is 0.896. The van der Waals surface area contributed by atoms with Gasteiger partial charge in [0.2, 0.25) is 5.91 Å². The molecular weight excluding hydrogens is 549 g/mol. The minimum Gasteiger partial charge on any atom is -0.352 e. The molecule has 1 N–H and O–H groups in total. The lowest BCUT2D eigenvalue weighted by atomic mass is 10.1. The van der Waals surface area contributed by atoms with Crippen LogP contribution in [0, 0.1) is 0 Å². The van der Waals surface area contributed by atoms with Gasteiger partial charge in [0.1, 0.15) is 5.82 Å². The van der Waals surface area contributed by atoms with Gasteiger partial charge in [-0.1, -0.05) is 84.4 Å². The first-order valence-electron chi connectivity index (χ1n) is 13.0. The van der Waals surface area contributed by atoms with Crippen LogP contribution in [0.4, 0.5) is 19.0 Å². The van der Waals surface area contributed by atoms with E-state index in [0.717, 1.165) is 28.6 Å². The Kier molecular flexibility index (Phi) is 8.50. The Hall–Kier alpha value is -4.43. The molecule has 5 nitrogen and oxygen atoms in total. The van der Waals surface area contributed by atoms with Crippen LogP contribution in [0.3, 0.4) is 0 Å². The van der Waals surface area contributed by atoms with Crippen molar-refractivity contribution < 1.29 is 18.0 Å². The third-order valence-electron chi connectivity index (χ3n) is 6.54. The number of anilines is 1. The van der Waals surface area contributed by atoms with Gasteiger partial charge in [-0.15, -0.1) is 0 Å². The number of nitrogens with zero attached hydrogens (tertiary/aromatic N) is 3. The lowest BCUT2D eigenvalue weighted by Crippen LogP contribution is -2.31. The Balaban J connectivity index is 1.42. The highest BCUT2D eigenvalue weighted by Crippen LogP contribution is 2.31. The van der Waals surface area contributed by atoms with E-state index in [0.29, 0.717) is 40.8 Å². The third kappa shape index (κ3) is 7.21. The molecule has 0 radical (unpaired) electrons. The van der Waals surface area contributed by atoms with E-state index in [1.807, 2.05) is 71.6 Å². The van der Waals surface area contributed by atoms with Crippen LogP contribution in [0.1, 0.15) is 23.1 Å². The number of nitrogens with one attached hydrogen (secondary N) is 1. The molecule has 0 atom stereocenters. The molecule has 41 heavy (non-hydrogen) atoms. The molecule has 9 heteroatoms. The summed E-state index contributed by atoms with van der Waals surface area (Å²) in [7, 11) is 0. The topological polar surface area (TPSA) is 58.1 Å². The molecule has 0 aliphatic rings. The fourth-order valence-electron chi connectivity index (χ4n) is 4.49. The summed E-state index contributed by atoms with van der Waals surface area (Å²) in [6, 6.07) is 29.8. The number of halogens is 4. The monoisotopic (exact) mass is 574 g/mol. The predicted molar refractivity (Wildman–Crippen MR) is 155 cm³/mol. The number of benzene rings is 4. The molecule has 0 spiro atoms. The molecule has 5 rings (SSSR count). The van der Waals surface area contributed by atoms with Gasteiger partial charge in [0.05, 0.1) is 11.1 Å². The zero-order valence-electron chi connectivity index (χ0n) is 21.9. The number of fused-ring (bicyclic) bond motifs is 1. The van der Waals surface area contributed by atoms with Crippen molar-refractivity contribution in [3.05, 3.63) is 125 Å². The highest BCUT2D eigenvalue weighted by atomic mass is 35.5. The molecule has 208 valence electrons. The Morgan fingerprint density at radius 3 is 2.27 bits per heavy atom. The van der Waals surface area contributed by atoms with Gasteiger partial charge in [-0.05, 0) is 41.5 Å². The first kappa shape index (κ1) is 28.1. The van der Waals surface area contributed by atoms with Crippen LogP contribution in [0.15, 0.2) is 103 Å². The Morgan fingerprint density at radius 2 is 1.54 bits per heavy atom. The SMILES string of the molecule is O=C(CCN(Cc1ccccc1)c1nc(-c2ccccc2)nc2cc(Cl)ccc12)NCc1cccc(C(F)(F)F)c1. The summed E-state index contributed by atoms with van der Waals surface area (Å²) in [5, 5.41) is 4.08. The summed E-state index contributed by atoms with van der Waals surface area (Å²) in [6.45, 7) is 0.783. The smallest absolute Gasteiger partial charge is 0.352 e. The standard InChI is InChI=1S/C32H26ClF3N4O/c33-26-14-15-27-28(19-26)38-30(24-11-5-2-6-12-24)39-31(27)40(21-22-8-3-1-4-9-22)17-16-29(41)37-20-23-10-7-13-25(18-23)32(34,35)36/h1-15,18-19H,16-17,20-21H2,(H,37,41). The van der Waals surface area contributed by atoms with Gasteiger partial charge >= 0.3 is 6.18 Å². The first-order valence-corrected chi connectivity index (χ1v) is 13.4.